The van der Waals surface area contributed by atoms with E-state index in [9.17, 15) is 9.90 Å². The van der Waals surface area contributed by atoms with E-state index in [0.29, 0.717) is 23.7 Å². The first-order valence-electron chi connectivity index (χ1n) is 5.01. The number of nitrogens with zero attached hydrogens (tertiary/aromatic N) is 1. The molecule has 1 aromatic rings. The van der Waals surface area contributed by atoms with Gasteiger partial charge in [0, 0.05) is 17.1 Å². The summed E-state index contributed by atoms with van der Waals surface area (Å²) in [6.45, 7) is 3.14. The lowest BCUT2D eigenvalue weighted by atomic mass is 10.2. The number of amides is 1. The van der Waals surface area contributed by atoms with Gasteiger partial charge >= 0.3 is 0 Å². The molecule has 0 fully saturated rings. The number of aromatic hydroxyl groups is 1. The number of hydrogen-bond acceptors (Lipinski definition) is 3. The zero-order valence-corrected chi connectivity index (χ0v) is 9.87. The number of phenolic OH excluding ortho intramolecular Hbond substituents is 1. The predicted molar refractivity (Wildman–Crippen MR) is 63.3 cm³/mol. The van der Waals surface area contributed by atoms with Crippen LogP contribution < -0.4 is 5.73 Å². The molecule has 0 saturated carbocycles. The topological polar surface area (TPSA) is 66.6 Å². The van der Waals surface area contributed by atoms with Gasteiger partial charge in [-0.05, 0) is 18.7 Å². The predicted octanol–water partition coefficient (Wildman–Crippen LogP) is 1.35. The smallest absolute Gasteiger partial charge is 0.231 e. The molecule has 0 saturated heterocycles. The second-order valence-electron chi connectivity index (χ2n) is 3.51. The summed E-state index contributed by atoms with van der Waals surface area (Å²) in [5.41, 5.74) is 5.74. The van der Waals surface area contributed by atoms with Crippen molar-refractivity contribution in [3.8, 4) is 5.75 Å². The van der Waals surface area contributed by atoms with Crippen LogP contribution in [0.15, 0.2) is 18.2 Å². The van der Waals surface area contributed by atoms with E-state index in [-0.39, 0.29) is 12.3 Å². The number of phenols is 1. The van der Waals surface area contributed by atoms with Crippen LogP contribution in [0.25, 0.3) is 0 Å². The average molecular weight is 243 g/mol. The Bertz CT molecular complexity index is 362. The minimum absolute atomic E-state index is 0.135. The van der Waals surface area contributed by atoms with Gasteiger partial charge in [0.15, 0.2) is 0 Å². The second-order valence-corrected chi connectivity index (χ2v) is 3.91. The molecule has 0 heterocycles. The molecule has 1 amide bonds. The first kappa shape index (κ1) is 12.8. The number of carbonyl (C=O) groups excluding carboxylic acids is 1. The van der Waals surface area contributed by atoms with Gasteiger partial charge in [-0.25, -0.2) is 0 Å². The maximum Gasteiger partial charge on any atom is 0.231 e. The molecule has 0 spiro atoms. The third kappa shape index (κ3) is 3.40. The first-order valence-corrected chi connectivity index (χ1v) is 5.39. The van der Waals surface area contributed by atoms with Crippen molar-refractivity contribution < 1.29 is 9.90 Å². The van der Waals surface area contributed by atoms with Crippen molar-refractivity contribution in [2.24, 2.45) is 5.73 Å². The lowest BCUT2D eigenvalue weighted by Crippen LogP contribution is -2.33. The van der Waals surface area contributed by atoms with E-state index in [0.717, 1.165) is 0 Å². The number of benzene rings is 1. The van der Waals surface area contributed by atoms with Crippen molar-refractivity contribution in [1.29, 1.82) is 0 Å². The van der Waals surface area contributed by atoms with Crippen LogP contribution in [-0.2, 0) is 11.3 Å². The van der Waals surface area contributed by atoms with Crippen molar-refractivity contribution >= 4 is 17.5 Å². The quantitative estimate of drug-likeness (QED) is 0.819. The van der Waals surface area contributed by atoms with E-state index in [1.807, 2.05) is 11.8 Å². The molecular weight excluding hydrogens is 228 g/mol. The molecule has 0 aromatic heterocycles. The first-order chi connectivity index (χ1) is 7.54. The van der Waals surface area contributed by atoms with Crippen LogP contribution in [0.4, 0.5) is 0 Å². The van der Waals surface area contributed by atoms with E-state index >= 15 is 0 Å². The van der Waals surface area contributed by atoms with E-state index in [1.165, 1.54) is 0 Å². The zero-order chi connectivity index (χ0) is 12.1. The fourth-order valence-corrected chi connectivity index (χ4v) is 1.66. The molecule has 0 bridgehead atoms. The Morgan fingerprint density at radius 2 is 2.25 bits per heavy atom. The highest BCUT2D eigenvalue weighted by molar-refractivity contribution is 6.31. The van der Waals surface area contributed by atoms with Crippen molar-refractivity contribution in [2.45, 2.75) is 13.5 Å². The summed E-state index contributed by atoms with van der Waals surface area (Å²) in [5, 5.41) is 10.1. The van der Waals surface area contributed by atoms with Crippen LogP contribution in [0.5, 0.6) is 5.75 Å². The number of likely N-dealkylation sites (N-methyl/N-ethyl adjacent to an activating group) is 1. The van der Waals surface area contributed by atoms with Crippen LogP contribution in [0.2, 0.25) is 5.02 Å². The van der Waals surface area contributed by atoms with Crippen molar-refractivity contribution in [3.63, 3.8) is 0 Å². The third-order valence-corrected chi connectivity index (χ3v) is 2.66. The van der Waals surface area contributed by atoms with Gasteiger partial charge in [0.25, 0.3) is 0 Å². The molecule has 0 aliphatic rings. The van der Waals surface area contributed by atoms with Gasteiger partial charge in [-0.2, -0.15) is 0 Å². The number of hydrogen-bond donors (Lipinski definition) is 2. The highest BCUT2D eigenvalue weighted by Gasteiger charge is 2.12. The monoisotopic (exact) mass is 242 g/mol. The minimum Gasteiger partial charge on any atom is -0.508 e. The molecule has 0 unspecified atom stereocenters. The summed E-state index contributed by atoms with van der Waals surface area (Å²) in [6, 6.07) is 4.94. The van der Waals surface area contributed by atoms with E-state index in [1.54, 1.807) is 18.2 Å². The van der Waals surface area contributed by atoms with E-state index in [4.69, 9.17) is 17.3 Å². The fraction of sp³-hybridized carbons (Fsp3) is 0.364. The largest absolute Gasteiger partial charge is 0.508 e. The molecule has 4 nitrogen and oxygen atoms in total. The summed E-state index contributed by atoms with van der Waals surface area (Å²) >= 11 is 5.96. The molecule has 1 aromatic carbocycles. The van der Waals surface area contributed by atoms with Crippen LogP contribution >= 0.6 is 11.6 Å². The Morgan fingerprint density at radius 1 is 1.56 bits per heavy atom. The molecule has 0 atom stereocenters. The van der Waals surface area contributed by atoms with Gasteiger partial charge < -0.3 is 10.8 Å². The van der Waals surface area contributed by atoms with Crippen LogP contribution in [0, 0.1) is 0 Å². The van der Waals surface area contributed by atoms with Crippen molar-refractivity contribution in [2.75, 3.05) is 13.1 Å². The highest BCUT2D eigenvalue weighted by Crippen LogP contribution is 2.26. The molecule has 0 radical (unpaired) electrons. The fourth-order valence-electron chi connectivity index (χ4n) is 1.43. The summed E-state index contributed by atoms with van der Waals surface area (Å²) in [6.07, 6.45) is 0. The minimum atomic E-state index is -0.395. The Hall–Kier alpha value is -1.26. The molecule has 1 rings (SSSR count). The SMILES string of the molecule is CCN(CC(N)=O)Cc1c(O)cccc1Cl. The number of carbonyl (C=O) groups is 1. The standard InChI is InChI=1S/C11H15ClN2O2/c1-2-14(7-11(13)16)6-8-9(12)4-3-5-10(8)15/h3-5,15H,2,6-7H2,1H3,(H2,13,16). The number of halogens is 1. The maximum absolute atomic E-state index is 10.8. The highest BCUT2D eigenvalue weighted by atomic mass is 35.5. The number of rotatable bonds is 5. The Kier molecular flexibility index (Phi) is 4.58. The summed E-state index contributed by atoms with van der Waals surface area (Å²) in [5.74, 6) is -0.260. The molecule has 16 heavy (non-hydrogen) atoms. The van der Waals surface area contributed by atoms with Crippen LogP contribution in [0.3, 0.4) is 0 Å². The summed E-state index contributed by atoms with van der Waals surface area (Å²) < 4.78 is 0. The van der Waals surface area contributed by atoms with Crippen LogP contribution in [-0.4, -0.2) is 29.0 Å². The summed E-state index contributed by atoms with van der Waals surface area (Å²) in [4.78, 5) is 12.6. The summed E-state index contributed by atoms with van der Waals surface area (Å²) in [7, 11) is 0. The molecule has 0 aliphatic heterocycles. The van der Waals surface area contributed by atoms with Gasteiger partial charge in [0.1, 0.15) is 5.75 Å². The zero-order valence-electron chi connectivity index (χ0n) is 9.11. The van der Waals surface area contributed by atoms with Gasteiger partial charge in [0.2, 0.25) is 5.91 Å². The number of nitrogens with two attached hydrogens (primary N) is 1. The van der Waals surface area contributed by atoms with Crippen molar-refractivity contribution in [1.82, 2.24) is 4.90 Å². The van der Waals surface area contributed by atoms with Gasteiger partial charge in [0.05, 0.1) is 6.54 Å². The van der Waals surface area contributed by atoms with Gasteiger partial charge in [-0.3, -0.25) is 9.69 Å². The van der Waals surface area contributed by atoms with E-state index < -0.39 is 5.91 Å². The Labute approximate surface area is 99.6 Å². The van der Waals surface area contributed by atoms with Crippen LogP contribution in [0.1, 0.15) is 12.5 Å². The van der Waals surface area contributed by atoms with E-state index in [2.05, 4.69) is 0 Å². The van der Waals surface area contributed by atoms with Gasteiger partial charge in [-0.1, -0.05) is 24.6 Å². The van der Waals surface area contributed by atoms with Gasteiger partial charge in [-0.15, -0.1) is 0 Å². The molecular formula is C11H15ClN2O2. The average Bonchev–Trinajstić information content (AvgIpc) is 2.21. The second kappa shape index (κ2) is 5.72. The normalized spacial score (nSPS) is 10.7. The molecule has 5 heteroatoms. The third-order valence-electron chi connectivity index (χ3n) is 2.30. The van der Waals surface area contributed by atoms with Crippen molar-refractivity contribution in [3.05, 3.63) is 28.8 Å². The number of primary amides is 1. The maximum atomic E-state index is 10.8. The Morgan fingerprint density at radius 3 is 2.75 bits per heavy atom. The Balaban J connectivity index is 2.81. The molecule has 88 valence electrons. The lowest BCUT2D eigenvalue weighted by molar-refractivity contribution is -0.119. The molecule has 3 N–H and O–H groups in total. The lowest BCUT2D eigenvalue weighted by Gasteiger charge is -2.19. The molecule has 0 aliphatic carbocycles.